The summed E-state index contributed by atoms with van der Waals surface area (Å²) in [5.41, 5.74) is 5.39. The van der Waals surface area contributed by atoms with E-state index in [1.807, 2.05) is 0 Å². The second-order valence-corrected chi connectivity index (χ2v) is 5.73. The molecule has 0 saturated heterocycles. The van der Waals surface area contributed by atoms with Crippen molar-refractivity contribution >= 4 is 23.6 Å². The lowest BCUT2D eigenvalue weighted by molar-refractivity contribution is -0.139. The minimum absolute atomic E-state index is 0.288. The van der Waals surface area contributed by atoms with Crippen molar-refractivity contribution in [2.24, 2.45) is 5.73 Å². The number of carboxylic acid groups (broad SMARTS) is 1. The second kappa shape index (κ2) is 6.28. The Morgan fingerprint density at radius 1 is 1.39 bits per heavy atom. The lowest BCUT2D eigenvalue weighted by Gasteiger charge is -2.27. The first-order chi connectivity index (χ1) is 7.96. The van der Waals surface area contributed by atoms with Crippen LogP contribution < -0.4 is 11.1 Å². The number of thioether (sulfide) groups is 1. The first-order valence-corrected chi connectivity index (χ1v) is 5.90. The fraction of sp³-hybridized carbons (Fsp3) is 0.778. The highest BCUT2D eigenvalue weighted by Gasteiger charge is 2.33. The normalized spacial score (nSPS) is 14.1. The molecule has 0 aliphatic rings. The summed E-state index contributed by atoms with van der Waals surface area (Å²) in [6, 6.07) is -1.21. The molecule has 1 amide bonds. The zero-order valence-corrected chi connectivity index (χ0v) is 10.7. The number of alkyl halides is 3. The van der Waals surface area contributed by atoms with Gasteiger partial charge in [0, 0.05) is 4.75 Å². The third kappa shape index (κ3) is 6.70. The van der Waals surface area contributed by atoms with E-state index >= 15 is 0 Å². The van der Waals surface area contributed by atoms with Crippen molar-refractivity contribution in [1.82, 2.24) is 5.32 Å². The third-order valence-electron chi connectivity index (χ3n) is 2.08. The van der Waals surface area contributed by atoms with E-state index in [-0.39, 0.29) is 5.75 Å². The summed E-state index contributed by atoms with van der Waals surface area (Å²) in [5, 5.41) is 10.4. The van der Waals surface area contributed by atoms with Gasteiger partial charge in [-0.3, -0.25) is 9.59 Å². The van der Waals surface area contributed by atoms with Gasteiger partial charge in [0.1, 0.15) is 12.6 Å². The highest BCUT2D eigenvalue weighted by Crippen LogP contribution is 2.27. The number of rotatable bonds is 6. The maximum absolute atomic E-state index is 11.8. The number of carbonyl (C=O) groups is 2. The quantitative estimate of drug-likeness (QED) is 0.665. The van der Waals surface area contributed by atoms with E-state index in [9.17, 15) is 22.8 Å². The van der Waals surface area contributed by atoms with Crippen LogP contribution in [0.4, 0.5) is 13.2 Å². The summed E-state index contributed by atoms with van der Waals surface area (Å²) in [5.74, 6) is -2.34. The van der Waals surface area contributed by atoms with Crippen molar-refractivity contribution in [2.45, 2.75) is 30.8 Å². The molecule has 5 nitrogen and oxygen atoms in total. The lowest BCUT2D eigenvalue weighted by atomic mass is 10.1. The van der Waals surface area contributed by atoms with Gasteiger partial charge >= 0.3 is 12.1 Å². The molecule has 0 aromatic rings. The summed E-state index contributed by atoms with van der Waals surface area (Å²) < 4.78 is 34.5. The number of carbonyl (C=O) groups excluding carboxylic acids is 1. The zero-order chi connectivity index (χ0) is 14.6. The number of nitrogens with two attached hydrogens (primary N) is 1. The molecule has 0 unspecified atom stereocenters. The molecule has 0 aromatic heterocycles. The van der Waals surface area contributed by atoms with Crippen LogP contribution in [0.2, 0.25) is 0 Å². The van der Waals surface area contributed by atoms with Crippen LogP contribution in [-0.2, 0) is 9.59 Å². The Hall–Kier alpha value is -0.960. The van der Waals surface area contributed by atoms with Gasteiger partial charge < -0.3 is 16.2 Å². The number of halogens is 3. The molecule has 0 aromatic carbocycles. The molecular formula is C9H15F3N2O3S. The van der Waals surface area contributed by atoms with Crippen molar-refractivity contribution in [3.05, 3.63) is 0 Å². The standard InChI is InChI=1S/C9H15F3N2O3S/c1-8(2,6(13)7(16)17)18-3-5(15)14-4-9(10,11)12/h6H,3-4,13H2,1-2H3,(H,14,15)(H,16,17)/t6-/m1/s1. The van der Waals surface area contributed by atoms with Gasteiger partial charge in [0.15, 0.2) is 0 Å². The SMILES string of the molecule is CC(C)(SCC(=O)NCC(F)(F)F)[C@H](N)C(=O)O. The predicted molar refractivity (Wildman–Crippen MR) is 61.2 cm³/mol. The maximum atomic E-state index is 11.8. The molecule has 1 atom stereocenters. The molecule has 0 heterocycles. The summed E-state index contributed by atoms with van der Waals surface area (Å²) in [4.78, 5) is 21.8. The first kappa shape index (κ1) is 17.0. The molecule has 0 saturated carbocycles. The molecule has 106 valence electrons. The average Bonchev–Trinajstić information content (AvgIpc) is 2.21. The largest absolute Gasteiger partial charge is 0.480 e. The summed E-state index contributed by atoms with van der Waals surface area (Å²) >= 11 is 0.889. The molecule has 0 spiro atoms. The van der Waals surface area contributed by atoms with Gasteiger partial charge in [-0.15, -0.1) is 11.8 Å². The predicted octanol–water partition coefficient (Wildman–Crippen LogP) is 0.589. The molecule has 0 rings (SSSR count). The van der Waals surface area contributed by atoms with E-state index in [0.29, 0.717) is 0 Å². The van der Waals surface area contributed by atoms with Gasteiger partial charge in [-0.05, 0) is 13.8 Å². The smallest absolute Gasteiger partial charge is 0.405 e. The average molecular weight is 288 g/mol. The molecule has 0 aliphatic heterocycles. The first-order valence-electron chi connectivity index (χ1n) is 4.91. The van der Waals surface area contributed by atoms with Gasteiger partial charge in [0.2, 0.25) is 5.91 Å². The summed E-state index contributed by atoms with van der Waals surface area (Å²) in [6.45, 7) is 1.61. The number of hydrogen-bond acceptors (Lipinski definition) is 4. The zero-order valence-electron chi connectivity index (χ0n) is 9.87. The summed E-state index contributed by atoms with van der Waals surface area (Å²) in [7, 11) is 0. The van der Waals surface area contributed by atoms with Gasteiger partial charge in [0.25, 0.3) is 0 Å². The van der Waals surface area contributed by atoms with Crippen molar-refractivity contribution in [1.29, 1.82) is 0 Å². The van der Waals surface area contributed by atoms with E-state index in [2.05, 4.69) is 0 Å². The molecule has 18 heavy (non-hydrogen) atoms. The highest BCUT2D eigenvalue weighted by molar-refractivity contribution is 8.01. The summed E-state index contributed by atoms with van der Waals surface area (Å²) in [6.07, 6.45) is -4.46. The van der Waals surface area contributed by atoms with Crippen LogP contribution in [0.15, 0.2) is 0 Å². The van der Waals surface area contributed by atoms with E-state index in [1.165, 1.54) is 13.8 Å². The Balaban J connectivity index is 4.16. The van der Waals surface area contributed by atoms with E-state index in [1.54, 1.807) is 5.32 Å². The molecule has 9 heteroatoms. The van der Waals surface area contributed by atoms with Crippen LogP contribution >= 0.6 is 11.8 Å². The Morgan fingerprint density at radius 2 is 1.89 bits per heavy atom. The molecule has 4 N–H and O–H groups in total. The Morgan fingerprint density at radius 3 is 2.28 bits per heavy atom. The minimum atomic E-state index is -4.46. The fourth-order valence-electron chi connectivity index (χ4n) is 0.889. The molecular weight excluding hydrogens is 273 g/mol. The van der Waals surface area contributed by atoms with E-state index < -0.39 is 35.4 Å². The number of carboxylic acids is 1. The number of amides is 1. The molecule has 0 radical (unpaired) electrons. The van der Waals surface area contributed by atoms with Crippen molar-refractivity contribution in [2.75, 3.05) is 12.3 Å². The van der Waals surface area contributed by atoms with Crippen LogP contribution in [0.25, 0.3) is 0 Å². The van der Waals surface area contributed by atoms with Gasteiger partial charge in [-0.2, -0.15) is 13.2 Å². The van der Waals surface area contributed by atoms with Crippen molar-refractivity contribution in [3.63, 3.8) is 0 Å². The number of hydrogen-bond donors (Lipinski definition) is 3. The highest BCUT2D eigenvalue weighted by atomic mass is 32.2. The van der Waals surface area contributed by atoms with Crippen molar-refractivity contribution < 1.29 is 27.9 Å². The number of aliphatic carboxylic acids is 1. The fourth-order valence-corrected chi connectivity index (χ4v) is 1.77. The maximum Gasteiger partial charge on any atom is 0.405 e. The number of nitrogens with one attached hydrogen (secondary N) is 1. The topological polar surface area (TPSA) is 92.4 Å². The molecule has 0 bridgehead atoms. The van der Waals surface area contributed by atoms with Crippen LogP contribution in [0.3, 0.4) is 0 Å². The van der Waals surface area contributed by atoms with Gasteiger partial charge in [-0.25, -0.2) is 0 Å². The van der Waals surface area contributed by atoms with Crippen LogP contribution in [0.1, 0.15) is 13.8 Å². The van der Waals surface area contributed by atoms with E-state index in [4.69, 9.17) is 10.8 Å². The van der Waals surface area contributed by atoms with Crippen LogP contribution in [0.5, 0.6) is 0 Å². The van der Waals surface area contributed by atoms with Gasteiger partial charge in [-0.1, -0.05) is 0 Å². The lowest BCUT2D eigenvalue weighted by Crippen LogP contribution is -2.47. The Kier molecular flexibility index (Phi) is 5.94. The van der Waals surface area contributed by atoms with Crippen molar-refractivity contribution in [3.8, 4) is 0 Å². The monoisotopic (exact) mass is 288 g/mol. The minimum Gasteiger partial charge on any atom is -0.480 e. The van der Waals surface area contributed by atoms with Crippen LogP contribution in [0, 0.1) is 0 Å². The Bertz CT molecular complexity index is 321. The van der Waals surface area contributed by atoms with Crippen LogP contribution in [-0.4, -0.2) is 46.2 Å². The third-order valence-corrected chi connectivity index (χ3v) is 3.48. The molecule has 0 aliphatic carbocycles. The second-order valence-electron chi connectivity index (χ2n) is 4.10. The Labute approximate surface area is 106 Å². The van der Waals surface area contributed by atoms with E-state index in [0.717, 1.165) is 11.8 Å². The van der Waals surface area contributed by atoms with Gasteiger partial charge in [0.05, 0.1) is 5.75 Å². The molecule has 0 fully saturated rings.